The first-order valence-electron chi connectivity index (χ1n) is 6.33. The predicted octanol–water partition coefficient (Wildman–Crippen LogP) is -0.579. The van der Waals surface area contributed by atoms with Gasteiger partial charge < -0.3 is 9.64 Å². The Bertz CT molecular complexity index is 624. The van der Waals surface area contributed by atoms with Gasteiger partial charge in [0.05, 0.1) is 7.11 Å². The van der Waals surface area contributed by atoms with Crippen LogP contribution in [0.15, 0.2) is 0 Å². The SMILES string of the molecule is COc1nc(N2CCCC2)nc(C([N+](=O)[O-])([N+](=O)[O-])[N+](=O)[O-])n1. The predicted molar refractivity (Wildman–Crippen MR) is 70.5 cm³/mol. The maximum Gasteiger partial charge on any atom is 0.763 e. The molecule has 1 aliphatic rings. The lowest BCUT2D eigenvalue weighted by atomic mass is 10.3. The van der Waals surface area contributed by atoms with E-state index in [9.17, 15) is 30.3 Å². The Balaban J connectivity index is 2.67. The monoisotopic (exact) mass is 329 g/mol. The van der Waals surface area contributed by atoms with E-state index in [0.29, 0.717) is 13.1 Å². The van der Waals surface area contributed by atoms with Crippen LogP contribution in [0.3, 0.4) is 0 Å². The van der Waals surface area contributed by atoms with Crippen molar-refractivity contribution in [1.82, 2.24) is 15.0 Å². The van der Waals surface area contributed by atoms with E-state index in [1.165, 1.54) is 0 Å². The minimum Gasteiger partial charge on any atom is -0.467 e. The van der Waals surface area contributed by atoms with Gasteiger partial charge in [-0.3, -0.25) is 30.3 Å². The van der Waals surface area contributed by atoms with Gasteiger partial charge in [-0.1, -0.05) is 0 Å². The van der Waals surface area contributed by atoms with Crippen LogP contribution in [-0.2, 0) is 5.79 Å². The molecule has 0 radical (unpaired) electrons. The molecule has 14 heteroatoms. The summed E-state index contributed by atoms with van der Waals surface area (Å²) in [5.41, 5.74) is 0. The van der Waals surface area contributed by atoms with Crippen LogP contribution in [0.5, 0.6) is 6.01 Å². The van der Waals surface area contributed by atoms with Gasteiger partial charge in [0.15, 0.2) is 14.8 Å². The Morgan fingerprint density at radius 3 is 1.96 bits per heavy atom. The second-order valence-corrected chi connectivity index (χ2v) is 4.55. The van der Waals surface area contributed by atoms with Crippen LogP contribution in [0.1, 0.15) is 18.7 Å². The van der Waals surface area contributed by atoms with Crippen molar-refractivity contribution in [2.75, 3.05) is 25.1 Å². The molecule has 1 saturated heterocycles. The van der Waals surface area contributed by atoms with Crippen LogP contribution in [-0.4, -0.2) is 49.9 Å². The topological polar surface area (TPSA) is 181 Å². The minimum atomic E-state index is -3.93. The number of nitrogens with zero attached hydrogens (tertiary/aromatic N) is 7. The highest BCUT2D eigenvalue weighted by Crippen LogP contribution is 2.27. The number of ether oxygens (including phenoxy) is 1. The minimum absolute atomic E-state index is 0.140. The summed E-state index contributed by atoms with van der Waals surface area (Å²) in [5.74, 6) is -5.28. The molecule has 0 spiro atoms. The van der Waals surface area contributed by atoms with E-state index in [4.69, 9.17) is 4.74 Å². The van der Waals surface area contributed by atoms with Crippen molar-refractivity contribution < 1.29 is 19.5 Å². The third kappa shape index (κ3) is 2.53. The highest BCUT2D eigenvalue weighted by atomic mass is 16.7. The molecule has 2 rings (SSSR count). The fourth-order valence-electron chi connectivity index (χ4n) is 2.09. The Kier molecular flexibility index (Phi) is 4.15. The maximum absolute atomic E-state index is 11.1. The second kappa shape index (κ2) is 5.90. The highest BCUT2D eigenvalue weighted by Gasteiger charge is 2.76. The second-order valence-electron chi connectivity index (χ2n) is 4.55. The third-order valence-electron chi connectivity index (χ3n) is 3.24. The third-order valence-corrected chi connectivity index (χ3v) is 3.24. The van der Waals surface area contributed by atoms with E-state index in [-0.39, 0.29) is 5.95 Å². The molecule has 1 aromatic rings. The summed E-state index contributed by atoms with van der Waals surface area (Å²) in [6, 6.07) is -0.480. The molecule has 0 aliphatic carbocycles. The molecule has 14 nitrogen and oxygen atoms in total. The highest BCUT2D eigenvalue weighted by molar-refractivity contribution is 5.32. The summed E-state index contributed by atoms with van der Waals surface area (Å²) in [6.07, 6.45) is 1.60. The smallest absolute Gasteiger partial charge is 0.467 e. The Hall–Kier alpha value is -3.19. The average molecular weight is 329 g/mol. The molecule has 0 aromatic carbocycles. The first-order valence-corrected chi connectivity index (χ1v) is 6.33. The van der Waals surface area contributed by atoms with E-state index in [0.717, 1.165) is 20.0 Å². The van der Waals surface area contributed by atoms with Crippen molar-refractivity contribution in [3.63, 3.8) is 0 Å². The van der Waals surface area contributed by atoms with Gasteiger partial charge in [0, 0.05) is 13.1 Å². The van der Waals surface area contributed by atoms with E-state index in [2.05, 4.69) is 15.0 Å². The zero-order chi connectivity index (χ0) is 17.2. The lowest BCUT2D eigenvalue weighted by Crippen LogP contribution is -2.51. The van der Waals surface area contributed by atoms with Gasteiger partial charge in [-0.15, -0.1) is 0 Å². The lowest BCUT2D eigenvalue weighted by Gasteiger charge is -2.16. The van der Waals surface area contributed by atoms with Gasteiger partial charge in [0.1, 0.15) is 0 Å². The standard InChI is InChI=1S/C9H11N7O7/c1-23-8-11-6(9(14(17)18,15(19)20)16(21)22)10-7(12-8)13-4-2-3-5-13/h2-5H2,1H3. The first kappa shape index (κ1) is 16.2. The average Bonchev–Trinajstić information content (AvgIpc) is 3.00. The summed E-state index contributed by atoms with van der Waals surface area (Å²) in [4.78, 5) is 40.7. The Morgan fingerprint density at radius 1 is 1.00 bits per heavy atom. The number of rotatable bonds is 6. The van der Waals surface area contributed by atoms with Crippen LogP contribution in [0.25, 0.3) is 0 Å². The molecule has 0 amide bonds. The first-order chi connectivity index (χ1) is 10.8. The summed E-state index contributed by atoms with van der Waals surface area (Å²) in [5, 5.41) is 33.3. The number of hydrogen-bond donors (Lipinski definition) is 0. The van der Waals surface area contributed by atoms with Crippen molar-refractivity contribution in [1.29, 1.82) is 0 Å². The molecule has 0 unspecified atom stereocenters. The van der Waals surface area contributed by atoms with Crippen molar-refractivity contribution in [3.8, 4) is 6.01 Å². The van der Waals surface area contributed by atoms with E-state index in [1.807, 2.05) is 0 Å². The molecular weight excluding hydrogens is 318 g/mol. The fraction of sp³-hybridized carbons (Fsp3) is 0.667. The quantitative estimate of drug-likeness (QED) is 0.370. The van der Waals surface area contributed by atoms with Crippen molar-refractivity contribution in [2.24, 2.45) is 0 Å². The number of methoxy groups -OCH3 is 1. The number of aromatic nitrogens is 3. The maximum atomic E-state index is 11.1. The van der Waals surface area contributed by atoms with Crippen molar-refractivity contribution in [3.05, 3.63) is 36.2 Å². The molecule has 1 fully saturated rings. The fourth-order valence-corrected chi connectivity index (χ4v) is 2.09. The molecule has 0 atom stereocenters. The zero-order valence-corrected chi connectivity index (χ0v) is 11.8. The van der Waals surface area contributed by atoms with Gasteiger partial charge in [-0.05, 0) is 12.8 Å². The molecule has 2 heterocycles. The van der Waals surface area contributed by atoms with Gasteiger partial charge in [0.2, 0.25) is 5.95 Å². The van der Waals surface area contributed by atoms with Crippen LogP contribution in [0.2, 0.25) is 0 Å². The Labute approximate surface area is 127 Å². The summed E-state index contributed by atoms with van der Waals surface area (Å²) < 4.78 is 4.73. The van der Waals surface area contributed by atoms with E-state index >= 15 is 0 Å². The number of anilines is 1. The molecule has 124 valence electrons. The molecule has 0 N–H and O–H groups in total. The molecule has 0 saturated carbocycles. The normalized spacial score (nSPS) is 14.6. The number of nitro groups is 3. The molecule has 1 aromatic heterocycles. The molecule has 23 heavy (non-hydrogen) atoms. The zero-order valence-electron chi connectivity index (χ0n) is 11.8. The summed E-state index contributed by atoms with van der Waals surface area (Å²) >= 11 is 0. The molecular formula is C9H11N7O7. The van der Waals surface area contributed by atoms with Crippen LogP contribution < -0.4 is 9.64 Å². The van der Waals surface area contributed by atoms with Crippen LogP contribution >= 0.6 is 0 Å². The molecule has 0 bridgehead atoms. The van der Waals surface area contributed by atoms with Crippen LogP contribution in [0.4, 0.5) is 5.95 Å². The largest absolute Gasteiger partial charge is 0.763 e. The number of hydrogen-bond acceptors (Lipinski definition) is 11. The van der Waals surface area contributed by atoms with Gasteiger partial charge in [0.25, 0.3) is 0 Å². The van der Waals surface area contributed by atoms with E-state index in [1.54, 1.807) is 4.90 Å². The van der Waals surface area contributed by atoms with Gasteiger partial charge in [-0.2, -0.15) is 15.0 Å². The Morgan fingerprint density at radius 2 is 1.52 bits per heavy atom. The van der Waals surface area contributed by atoms with Crippen molar-refractivity contribution in [2.45, 2.75) is 18.6 Å². The van der Waals surface area contributed by atoms with Gasteiger partial charge in [-0.25, -0.2) is 0 Å². The molecule has 1 aliphatic heterocycles. The van der Waals surface area contributed by atoms with E-state index < -0.39 is 32.4 Å². The summed E-state index contributed by atoms with van der Waals surface area (Å²) in [6.45, 7) is 1.02. The lowest BCUT2D eigenvalue weighted by molar-refractivity contribution is -0.987. The van der Waals surface area contributed by atoms with Crippen LogP contribution in [0, 0.1) is 30.3 Å². The van der Waals surface area contributed by atoms with Gasteiger partial charge >= 0.3 is 17.6 Å². The van der Waals surface area contributed by atoms with Crippen molar-refractivity contribution >= 4 is 5.95 Å². The summed E-state index contributed by atoms with van der Waals surface area (Å²) in [7, 11) is 1.12.